The van der Waals surface area contributed by atoms with Gasteiger partial charge in [0, 0.05) is 18.0 Å². The van der Waals surface area contributed by atoms with Gasteiger partial charge in [0.25, 0.3) is 0 Å². The summed E-state index contributed by atoms with van der Waals surface area (Å²) in [6.45, 7) is 2.64. The standard InChI is InChI=1S/C21H29NO.C8H8O3/c23-17-8-7-16-12-20-18-6-1-2-9-21(18,19(16)13-17)10-11-22(20)14-15-4-3-5-15;9-7(8(10)11)6-4-2-1-3-5-6/h7-8,13,15,18,20,23H,1-6,9-12,14H2;1-5,7,9H,(H,10,11)/t18-,20+,21+;7-/m00/s1. The number of phenols is 1. The number of fused-ring (bicyclic) bond motifs is 1. The molecule has 3 aliphatic carbocycles. The Morgan fingerprint density at radius 1 is 1.03 bits per heavy atom. The highest BCUT2D eigenvalue weighted by Gasteiger charge is 2.53. The third-order valence-electron chi connectivity index (χ3n) is 9.00. The smallest absolute Gasteiger partial charge is 0.337 e. The predicted octanol–water partition coefficient (Wildman–Crippen LogP) is 5.06. The molecule has 182 valence electrons. The van der Waals surface area contributed by atoms with Crippen LogP contribution in [-0.2, 0) is 16.6 Å². The van der Waals surface area contributed by atoms with Gasteiger partial charge in [0.15, 0.2) is 6.10 Å². The van der Waals surface area contributed by atoms with E-state index < -0.39 is 12.1 Å². The molecule has 34 heavy (non-hydrogen) atoms. The minimum atomic E-state index is -1.41. The molecule has 2 aromatic carbocycles. The van der Waals surface area contributed by atoms with Crippen molar-refractivity contribution in [3.05, 3.63) is 65.2 Å². The Bertz CT molecular complexity index is 1000. The number of rotatable bonds is 4. The van der Waals surface area contributed by atoms with E-state index in [-0.39, 0.29) is 0 Å². The minimum absolute atomic E-state index is 0.380. The predicted molar refractivity (Wildman–Crippen MR) is 132 cm³/mol. The van der Waals surface area contributed by atoms with Gasteiger partial charge in [0.2, 0.25) is 0 Å². The highest BCUT2D eigenvalue weighted by atomic mass is 16.4. The van der Waals surface area contributed by atoms with Gasteiger partial charge in [-0.1, -0.05) is 55.7 Å². The van der Waals surface area contributed by atoms with E-state index in [1.807, 2.05) is 6.07 Å². The first-order chi connectivity index (χ1) is 16.5. The quantitative estimate of drug-likeness (QED) is 0.591. The molecule has 4 atom stereocenters. The lowest BCUT2D eigenvalue weighted by Crippen LogP contribution is -2.61. The van der Waals surface area contributed by atoms with E-state index >= 15 is 0 Å². The first kappa shape index (κ1) is 23.4. The summed E-state index contributed by atoms with van der Waals surface area (Å²) < 4.78 is 0. The lowest BCUT2D eigenvalue weighted by molar-refractivity contribution is -0.146. The maximum Gasteiger partial charge on any atom is 0.337 e. The van der Waals surface area contributed by atoms with E-state index in [9.17, 15) is 9.90 Å². The van der Waals surface area contributed by atoms with Gasteiger partial charge in [0.1, 0.15) is 5.75 Å². The van der Waals surface area contributed by atoms with Crippen molar-refractivity contribution in [2.75, 3.05) is 13.1 Å². The normalized spacial score (nSPS) is 29.0. The van der Waals surface area contributed by atoms with Crippen LogP contribution in [-0.4, -0.2) is 45.3 Å². The molecule has 6 rings (SSSR count). The zero-order chi connectivity index (χ0) is 23.7. The fourth-order valence-electron chi connectivity index (χ4n) is 7.08. The third kappa shape index (κ3) is 4.36. The molecule has 2 aromatic rings. The van der Waals surface area contributed by atoms with Crippen LogP contribution in [0.3, 0.4) is 0 Å². The average molecular weight is 464 g/mol. The topological polar surface area (TPSA) is 81.0 Å². The molecule has 0 aromatic heterocycles. The number of phenolic OH excluding ortho intramolecular Hbond substituents is 1. The Morgan fingerprint density at radius 3 is 2.53 bits per heavy atom. The molecule has 2 bridgehead atoms. The van der Waals surface area contributed by atoms with Gasteiger partial charge in [-0.2, -0.15) is 0 Å². The van der Waals surface area contributed by atoms with E-state index in [0.29, 0.717) is 16.7 Å². The summed E-state index contributed by atoms with van der Waals surface area (Å²) in [4.78, 5) is 13.1. The molecule has 4 aliphatic rings. The zero-order valence-electron chi connectivity index (χ0n) is 19.9. The third-order valence-corrected chi connectivity index (χ3v) is 9.00. The Hall–Kier alpha value is -2.37. The second-order valence-corrected chi connectivity index (χ2v) is 10.8. The molecule has 0 amide bonds. The van der Waals surface area contributed by atoms with E-state index in [2.05, 4.69) is 17.0 Å². The van der Waals surface area contributed by atoms with Crippen LogP contribution in [0.4, 0.5) is 0 Å². The van der Waals surface area contributed by atoms with Crippen molar-refractivity contribution in [2.45, 2.75) is 75.3 Å². The fraction of sp³-hybridized carbons (Fsp3) is 0.552. The molecule has 3 N–H and O–H groups in total. The summed E-state index contributed by atoms with van der Waals surface area (Å²) in [5, 5.41) is 27.5. The van der Waals surface area contributed by atoms with E-state index in [4.69, 9.17) is 10.2 Å². The number of likely N-dealkylation sites (tertiary alicyclic amines) is 1. The number of nitrogens with zero attached hydrogens (tertiary/aromatic N) is 1. The number of carboxylic acid groups (broad SMARTS) is 1. The second-order valence-electron chi connectivity index (χ2n) is 10.8. The average Bonchev–Trinajstić information content (AvgIpc) is 2.83. The first-order valence-corrected chi connectivity index (χ1v) is 13.0. The molecule has 1 heterocycles. The summed E-state index contributed by atoms with van der Waals surface area (Å²) in [6, 6.07) is 15.3. The highest BCUT2D eigenvalue weighted by Crippen LogP contribution is 2.56. The first-order valence-electron chi connectivity index (χ1n) is 13.0. The Labute approximate surface area is 202 Å². The minimum Gasteiger partial charge on any atom is -0.508 e. The van der Waals surface area contributed by atoms with Crippen molar-refractivity contribution < 1.29 is 20.1 Å². The van der Waals surface area contributed by atoms with Crippen LogP contribution in [0.5, 0.6) is 5.75 Å². The highest BCUT2D eigenvalue weighted by molar-refractivity contribution is 5.73. The Morgan fingerprint density at radius 2 is 1.82 bits per heavy atom. The number of piperidine rings is 1. The van der Waals surface area contributed by atoms with Crippen LogP contribution in [0, 0.1) is 11.8 Å². The zero-order valence-corrected chi connectivity index (χ0v) is 19.9. The Kier molecular flexibility index (Phi) is 6.67. The Balaban J connectivity index is 0.000000186. The molecule has 1 saturated heterocycles. The maximum absolute atomic E-state index is 10.2. The molecule has 3 fully saturated rings. The number of hydrogen-bond acceptors (Lipinski definition) is 4. The molecule has 5 nitrogen and oxygen atoms in total. The van der Waals surface area contributed by atoms with Crippen LogP contribution < -0.4 is 0 Å². The molecular weight excluding hydrogens is 426 g/mol. The lowest BCUT2D eigenvalue weighted by Gasteiger charge is -2.59. The van der Waals surface area contributed by atoms with Crippen molar-refractivity contribution in [3.8, 4) is 5.75 Å². The van der Waals surface area contributed by atoms with Crippen molar-refractivity contribution >= 4 is 5.97 Å². The van der Waals surface area contributed by atoms with Gasteiger partial charge in [-0.3, -0.25) is 4.90 Å². The van der Waals surface area contributed by atoms with Crippen LogP contribution in [0.25, 0.3) is 0 Å². The SMILES string of the molecule is O=C(O)[C@@H](O)c1ccccc1.Oc1ccc2c(c1)[C@@]13CCCC[C@H]1[C@@H](C2)N(CC1CCC1)CC3. The number of carboxylic acids is 1. The summed E-state index contributed by atoms with van der Waals surface area (Å²) >= 11 is 0. The summed E-state index contributed by atoms with van der Waals surface area (Å²) in [6.07, 6.45) is 11.0. The van der Waals surface area contributed by atoms with Crippen LogP contribution in [0.15, 0.2) is 48.5 Å². The van der Waals surface area contributed by atoms with E-state index in [1.165, 1.54) is 82.0 Å². The number of hydrogen-bond donors (Lipinski definition) is 3. The summed E-state index contributed by atoms with van der Waals surface area (Å²) in [5.41, 5.74) is 3.83. The van der Waals surface area contributed by atoms with Crippen LogP contribution >= 0.6 is 0 Å². The number of benzene rings is 2. The number of aliphatic hydroxyl groups excluding tert-OH is 1. The summed E-state index contributed by atoms with van der Waals surface area (Å²) in [5.74, 6) is 1.06. The van der Waals surface area contributed by atoms with Gasteiger partial charge in [0.05, 0.1) is 0 Å². The molecule has 0 spiro atoms. The van der Waals surface area contributed by atoms with Crippen LogP contribution in [0.2, 0.25) is 0 Å². The monoisotopic (exact) mass is 463 g/mol. The molecule has 1 aliphatic heterocycles. The molecule has 0 radical (unpaired) electrons. The number of aliphatic hydroxyl groups is 1. The molecule has 2 saturated carbocycles. The van der Waals surface area contributed by atoms with Crippen molar-refractivity contribution in [1.82, 2.24) is 4.90 Å². The van der Waals surface area contributed by atoms with E-state index in [0.717, 1.165) is 17.9 Å². The van der Waals surface area contributed by atoms with Gasteiger partial charge in [-0.15, -0.1) is 0 Å². The molecular formula is C29H37NO4. The largest absolute Gasteiger partial charge is 0.508 e. The number of aliphatic carboxylic acids is 1. The lowest BCUT2D eigenvalue weighted by atomic mass is 9.52. The molecule has 5 heteroatoms. The molecule has 0 unspecified atom stereocenters. The number of aromatic hydroxyl groups is 1. The van der Waals surface area contributed by atoms with Gasteiger partial charge in [-0.05, 0) is 85.7 Å². The fourth-order valence-corrected chi connectivity index (χ4v) is 7.08. The number of carbonyl (C=O) groups is 1. The summed E-state index contributed by atoms with van der Waals surface area (Å²) in [7, 11) is 0. The van der Waals surface area contributed by atoms with Gasteiger partial charge >= 0.3 is 5.97 Å². The van der Waals surface area contributed by atoms with E-state index in [1.54, 1.807) is 30.3 Å². The van der Waals surface area contributed by atoms with Crippen molar-refractivity contribution in [3.63, 3.8) is 0 Å². The van der Waals surface area contributed by atoms with Gasteiger partial charge in [-0.25, -0.2) is 4.79 Å². The maximum atomic E-state index is 10.2. The van der Waals surface area contributed by atoms with Gasteiger partial charge < -0.3 is 15.3 Å². The van der Waals surface area contributed by atoms with Crippen LogP contribution in [0.1, 0.15) is 74.2 Å². The van der Waals surface area contributed by atoms with Crippen molar-refractivity contribution in [1.29, 1.82) is 0 Å². The van der Waals surface area contributed by atoms with Crippen molar-refractivity contribution in [2.24, 2.45) is 11.8 Å². The second kappa shape index (κ2) is 9.71.